The first-order chi connectivity index (χ1) is 13.6. The molecule has 2 fully saturated rings. The van der Waals surface area contributed by atoms with E-state index in [1.807, 2.05) is 0 Å². The Morgan fingerprint density at radius 1 is 1.41 bits per heavy atom. The Morgan fingerprint density at radius 2 is 2.14 bits per heavy atom. The summed E-state index contributed by atoms with van der Waals surface area (Å²) in [6.45, 7) is 3.04. The van der Waals surface area contributed by atoms with E-state index in [-0.39, 0.29) is 19.6 Å². The van der Waals surface area contributed by atoms with Gasteiger partial charge in [0.2, 0.25) is 0 Å². The fourth-order valence-corrected chi connectivity index (χ4v) is 3.80. The number of amides is 1. The fraction of sp³-hybridized carbons (Fsp3) is 0.550. The lowest BCUT2D eigenvalue weighted by atomic mass is 10.0. The average molecular weight is 420 g/mol. The molecule has 1 amide bonds. The van der Waals surface area contributed by atoms with Gasteiger partial charge in [0.25, 0.3) is 0 Å². The highest BCUT2D eigenvalue weighted by molar-refractivity contribution is 7.92. The number of nitrogens with zero attached hydrogens (tertiary/aromatic N) is 2. The van der Waals surface area contributed by atoms with Gasteiger partial charge in [-0.1, -0.05) is 11.8 Å². The molecule has 1 aliphatic carbocycles. The quantitative estimate of drug-likeness (QED) is 0.512. The molecule has 0 N–H and O–H groups in total. The molecule has 1 aromatic heterocycles. The Morgan fingerprint density at radius 3 is 2.69 bits per heavy atom. The van der Waals surface area contributed by atoms with E-state index >= 15 is 0 Å². The van der Waals surface area contributed by atoms with Crippen LogP contribution in [-0.2, 0) is 24.1 Å². The molecule has 9 heteroatoms. The smallest absolute Gasteiger partial charge is 0.415 e. The largest absolute Gasteiger partial charge is 0.465 e. The number of hydrogen-bond donors (Lipinski definition) is 0. The first kappa shape index (κ1) is 21.1. The number of aromatic nitrogens is 1. The summed E-state index contributed by atoms with van der Waals surface area (Å²) in [5, 5.41) is 0. The van der Waals surface area contributed by atoms with Crippen molar-refractivity contribution in [3.8, 4) is 11.8 Å². The Hall–Kier alpha value is -2.60. The summed E-state index contributed by atoms with van der Waals surface area (Å²) in [5.41, 5.74) is 0.761. The zero-order chi connectivity index (χ0) is 21.2. The lowest BCUT2D eigenvalue weighted by Crippen LogP contribution is -2.47. The second kappa shape index (κ2) is 8.03. The van der Waals surface area contributed by atoms with E-state index in [2.05, 4.69) is 16.8 Å². The molecule has 2 heterocycles. The molecule has 1 aliphatic heterocycles. The molecule has 0 radical (unpaired) electrons. The molecule has 0 aromatic carbocycles. The van der Waals surface area contributed by atoms with E-state index in [4.69, 9.17) is 9.47 Å². The summed E-state index contributed by atoms with van der Waals surface area (Å²) in [5.74, 6) is 6.20. The van der Waals surface area contributed by atoms with Crippen molar-refractivity contribution in [3.05, 3.63) is 23.9 Å². The third-order valence-electron chi connectivity index (χ3n) is 5.04. The molecule has 2 unspecified atom stereocenters. The van der Waals surface area contributed by atoms with Crippen molar-refractivity contribution in [1.29, 1.82) is 0 Å². The van der Waals surface area contributed by atoms with Crippen molar-refractivity contribution in [2.45, 2.75) is 44.0 Å². The van der Waals surface area contributed by atoms with Gasteiger partial charge in [0, 0.05) is 30.4 Å². The molecule has 29 heavy (non-hydrogen) atoms. The monoisotopic (exact) mass is 420 g/mol. The highest BCUT2D eigenvalue weighted by Crippen LogP contribution is 2.30. The van der Waals surface area contributed by atoms with Gasteiger partial charge in [0.15, 0.2) is 14.6 Å². The average Bonchev–Trinajstić information content (AvgIpc) is 3.42. The van der Waals surface area contributed by atoms with Gasteiger partial charge in [-0.2, -0.15) is 0 Å². The van der Waals surface area contributed by atoms with Gasteiger partial charge in [0.05, 0.1) is 13.2 Å². The number of carbonyl (C=O) groups excluding carboxylic acids is 2. The molecule has 1 saturated carbocycles. The van der Waals surface area contributed by atoms with Crippen LogP contribution in [0.3, 0.4) is 0 Å². The number of pyridine rings is 1. The predicted octanol–water partition coefficient (Wildman–Crippen LogP) is 1.92. The molecule has 2 aliphatic rings. The van der Waals surface area contributed by atoms with Crippen LogP contribution >= 0.6 is 0 Å². The van der Waals surface area contributed by atoms with E-state index < -0.39 is 32.8 Å². The lowest BCUT2D eigenvalue weighted by Gasteiger charge is -2.27. The predicted molar refractivity (Wildman–Crippen MR) is 106 cm³/mol. The third kappa shape index (κ3) is 4.70. The Bertz CT molecular complexity index is 959. The summed E-state index contributed by atoms with van der Waals surface area (Å²) >= 11 is 0. The van der Waals surface area contributed by atoms with Crippen LogP contribution < -0.4 is 4.90 Å². The summed E-state index contributed by atoms with van der Waals surface area (Å²) in [4.78, 5) is 30.2. The summed E-state index contributed by atoms with van der Waals surface area (Å²) in [6, 6.07) is 3.44. The van der Waals surface area contributed by atoms with E-state index in [0.29, 0.717) is 11.7 Å². The van der Waals surface area contributed by atoms with Crippen LogP contribution in [0.1, 0.15) is 38.7 Å². The number of cyclic esters (lactones) is 1. The van der Waals surface area contributed by atoms with Gasteiger partial charge in [0.1, 0.15) is 11.9 Å². The zero-order valence-electron chi connectivity index (χ0n) is 16.7. The number of rotatable bonds is 6. The van der Waals surface area contributed by atoms with E-state index in [1.165, 1.54) is 11.8 Å². The number of sulfone groups is 1. The van der Waals surface area contributed by atoms with E-state index in [1.54, 1.807) is 25.3 Å². The maximum atomic E-state index is 12.3. The second-order valence-corrected chi connectivity index (χ2v) is 9.94. The fourth-order valence-electron chi connectivity index (χ4n) is 2.95. The molecule has 8 nitrogen and oxygen atoms in total. The summed E-state index contributed by atoms with van der Waals surface area (Å²) in [7, 11) is -3.80. The minimum absolute atomic E-state index is 0.0560. The first-order valence-electron chi connectivity index (χ1n) is 9.46. The van der Waals surface area contributed by atoms with Crippen molar-refractivity contribution < 1.29 is 27.5 Å². The van der Waals surface area contributed by atoms with Crippen LogP contribution in [0.25, 0.3) is 0 Å². The number of hydrogen-bond acceptors (Lipinski definition) is 7. The van der Waals surface area contributed by atoms with E-state index in [0.717, 1.165) is 24.7 Å². The second-order valence-electron chi connectivity index (χ2n) is 7.49. The number of esters is 1. The SMILES string of the molecule is CCOC(=O)C(C)(CC1CN(c2ccc(C#CC3CC3)cn2)C(=O)O1)S(C)(=O)=O. The van der Waals surface area contributed by atoms with Gasteiger partial charge >= 0.3 is 12.1 Å². The summed E-state index contributed by atoms with van der Waals surface area (Å²) < 4.78 is 33.0. The number of anilines is 1. The standard InChI is InChI=1S/C20H24N2O6S/c1-4-27-18(23)20(2,29(3,25)26)11-16-13-22(19(24)28-16)17-10-9-15(12-21-17)8-7-14-5-6-14/h9-10,12,14,16H,4-6,11,13H2,1-3H3. The molecular weight excluding hydrogens is 396 g/mol. The topological polar surface area (TPSA) is 103 Å². The molecule has 0 spiro atoms. The molecule has 1 aromatic rings. The van der Waals surface area contributed by atoms with Gasteiger partial charge in [-0.25, -0.2) is 18.2 Å². The van der Waals surface area contributed by atoms with Crippen molar-refractivity contribution >= 4 is 27.7 Å². The molecule has 0 bridgehead atoms. The molecule has 156 valence electrons. The van der Waals surface area contributed by atoms with Crippen LogP contribution in [0.4, 0.5) is 10.6 Å². The highest BCUT2D eigenvalue weighted by Gasteiger charge is 2.49. The molecule has 2 atom stereocenters. The van der Waals surface area contributed by atoms with Crippen LogP contribution in [0.2, 0.25) is 0 Å². The minimum Gasteiger partial charge on any atom is -0.465 e. The maximum absolute atomic E-state index is 12.3. The van der Waals surface area contributed by atoms with Gasteiger partial charge in [-0.05, 0) is 38.8 Å². The minimum atomic E-state index is -3.80. The van der Waals surface area contributed by atoms with Gasteiger partial charge in [-0.3, -0.25) is 9.69 Å². The number of carbonyl (C=O) groups is 2. The summed E-state index contributed by atoms with van der Waals surface area (Å²) in [6.07, 6.45) is 3.21. The van der Waals surface area contributed by atoms with Crippen molar-refractivity contribution in [2.24, 2.45) is 5.92 Å². The molecule has 1 saturated heterocycles. The Labute approximate surface area is 170 Å². The van der Waals surface area contributed by atoms with Crippen molar-refractivity contribution in [1.82, 2.24) is 4.98 Å². The molecule has 3 rings (SSSR count). The van der Waals surface area contributed by atoms with Crippen LogP contribution in [0.15, 0.2) is 18.3 Å². The van der Waals surface area contributed by atoms with Gasteiger partial charge < -0.3 is 9.47 Å². The molecular formula is C20H24N2O6S. The number of ether oxygens (including phenoxy) is 2. The maximum Gasteiger partial charge on any atom is 0.415 e. The van der Waals surface area contributed by atoms with Crippen LogP contribution in [-0.4, -0.2) is 55.7 Å². The highest BCUT2D eigenvalue weighted by atomic mass is 32.2. The van der Waals surface area contributed by atoms with Crippen LogP contribution in [0.5, 0.6) is 0 Å². The van der Waals surface area contributed by atoms with Crippen molar-refractivity contribution in [2.75, 3.05) is 24.3 Å². The van der Waals surface area contributed by atoms with E-state index in [9.17, 15) is 18.0 Å². The van der Waals surface area contributed by atoms with Gasteiger partial charge in [-0.15, -0.1) is 0 Å². The van der Waals surface area contributed by atoms with Crippen molar-refractivity contribution in [3.63, 3.8) is 0 Å². The lowest BCUT2D eigenvalue weighted by molar-refractivity contribution is -0.146. The Kier molecular flexibility index (Phi) is 5.85. The third-order valence-corrected chi connectivity index (χ3v) is 7.01. The van der Waals surface area contributed by atoms with Crippen LogP contribution in [0, 0.1) is 17.8 Å². The zero-order valence-corrected chi connectivity index (χ0v) is 17.5. The normalized spacial score (nSPS) is 21.0. The first-order valence-corrected chi connectivity index (χ1v) is 11.4. The Balaban J connectivity index is 1.72.